The maximum absolute atomic E-state index is 14.8. The van der Waals surface area contributed by atoms with Crippen LogP contribution in [0.3, 0.4) is 0 Å². The number of carbonyl (C=O) groups is 2. The van der Waals surface area contributed by atoms with Gasteiger partial charge in [-0.2, -0.15) is 0 Å². The van der Waals surface area contributed by atoms with Gasteiger partial charge in [-0.1, -0.05) is 110 Å². The van der Waals surface area contributed by atoms with Crippen molar-refractivity contribution in [1.29, 1.82) is 0 Å². The van der Waals surface area contributed by atoms with E-state index >= 15 is 0 Å². The molecule has 0 atom stereocenters. The van der Waals surface area contributed by atoms with Crippen LogP contribution in [0.1, 0.15) is 26.3 Å². The lowest BCUT2D eigenvalue weighted by Gasteiger charge is -2.12. The van der Waals surface area contributed by atoms with Gasteiger partial charge >= 0.3 is 0 Å². The molecule has 0 fully saturated rings. The van der Waals surface area contributed by atoms with E-state index in [9.17, 15) is 9.59 Å². The molecule has 238 valence electrons. The average molecular weight is 648 g/mol. The maximum Gasteiger partial charge on any atom is 0.270 e. The van der Waals surface area contributed by atoms with E-state index in [4.69, 9.17) is 5.73 Å². The molecule has 0 saturated heterocycles. The molecule has 0 bridgehead atoms. The summed E-state index contributed by atoms with van der Waals surface area (Å²) in [6.45, 7) is 4.12. The van der Waals surface area contributed by atoms with Crippen molar-refractivity contribution in [2.45, 2.75) is 0 Å². The van der Waals surface area contributed by atoms with E-state index < -0.39 is 11.8 Å². The molecule has 2 N–H and O–H groups in total. The molecule has 0 spiro atoms. The zero-order valence-electron chi connectivity index (χ0n) is 26.8. The fourth-order valence-electron chi connectivity index (χ4n) is 7.34. The van der Waals surface area contributed by atoms with Gasteiger partial charge in [0.05, 0.1) is 33.2 Å². The minimum Gasteiger partial charge on any atom is -0.369 e. The quantitative estimate of drug-likeness (QED) is 0.0876. The van der Waals surface area contributed by atoms with E-state index in [1.165, 1.54) is 6.20 Å². The van der Waals surface area contributed by atoms with Crippen LogP contribution in [0, 0.1) is 0 Å². The monoisotopic (exact) mass is 647 g/mol. The molecule has 8 aromatic rings. The van der Waals surface area contributed by atoms with Gasteiger partial charge in [0.25, 0.3) is 11.8 Å². The second kappa shape index (κ2) is 11.3. The van der Waals surface area contributed by atoms with Gasteiger partial charge in [-0.25, -0.2) is 9.89 Å². The van der Waals surface area contributed by atoms with Gasteiger partial charge in [-0.15, -0.1) is 0 Å². The summed E-state index contributed by atoms with van der Waals surface area (Å²) in [5.41, 5.74) is 13.6. The summed E-state index contributed by atoms with van der Waals surface area (Å²) in [6.07, 6.45) is 3.18. The fraction of sp³-hybridized carbons (Fsp3) is 0. The van der Waals surface area contributed by atoms with Crippen molar-refractivity contribution in [2.75, 3.05) is 0 Å². The summed E-state index contributed by atoms with van der Waals surface area (Å²) in [4.78, 5) is 35.0. The van der Waals surface area contributed by atoms with Crippen LogP contribution in [-0.2, 0) is 0 Å². The van der Waals surface area contributed by atoms with Crippen LogP contribution >= 0.6 is 0 Å². The predicted molar refractivity (Wildman–Crippen MR) is 202 cm³/mol. The Hall–Kier alpha value is -6.99. The van der Waals surface area contributed by atoms with Crippen molar-refractivity contribution in [3.05, 3.63) is 175 Å². The van der Waals surface area contributed by atoms with Crippen LogP contribution in [-0.4, -0.2) is 31.8 Å². The van der Waals surface area contributed by atoms with Gasteiger partial charge in [0.2, 0.25) is 5.96 Å². The second-order valence-electron chi connectivity index (χ2n) is 12.2. The molecule has 2 amide bonds. The normalized spacial score (nSPS) is 13.4. The first kappa shape index (κ1) is 29.2. The Bertz CT molecular complexity index is 2600. The lowest BCUT2D eigenvalue weighted by atomic mass is 9.98. The number of aliphatic imine (C=N–C) groups is 1. The van der Waals surface area contributed by atoms with E-state index in [2.05, 4.69) is 45.0 Å². The molecule has 6 aromatic carbocycles. The van der Waals surface area contributed by atoms with E-state index in [0.717, 1.165) is 54.4 Å². The van der Waals surface area contributed by atoms with Crippen molar-refractivity contribution in [2.24, 2.45) is 10.7 Å². The summed E-state index contributed by atoms with van der Waals surface area (Å²) in [6, 6.07) is 45.8. The Morgan fingerprint density at radius 2 is 1.00 bits per heavy atom. The number of carbonyl (C=O) groups excluding carboxylic acids is 2. The van der Waals surface area contributed by atoms with Crippen molar-refractivity contribution in [3.63, 3.8) is 0 Å². The van der Waals surface area contributed by atoms with Gasteiger partial charge in [-0.3, -0.25) is 9.59 Å². The molecular weight excluding hydrogens is 619 g/mol. The number of para-hydroxylation sites is 4. The third-order valence-electron chi connectivity index (χ3n) is 9.44. The number of aromatic nitrogens is 2. The minimum absolute atomic E-state index is 0.223. The molecule has 2 aromatic heterocycles. The smallest absolute Gasteiger partial charge is 0.270 e. The first-order valence-electron chi connectivity index (χ1n) is 16.3. The van der Waals surface area contributed by atoms with Crippen LogP contribution in [0.5, 0.6) is 0 Å². The van der Waals surface area contributed by atoms with Crippen LogP contribution in [0.25, 0.3) is 60.6 Å². The number of hydrogen-bond donors (Lipinski definition) is 1. The molecule has 3 heterocycles. The number of hydrogen-bond acceptors (Lipinski definition) is 3. The van der Waals surface area contributed by atoms with Gasteiger partial charge in [0, 0.05) is 39.1 Å². The van der Waals surface area contributed by atoms with E-state index in [1.807, 2.05) is 115 Å². The van der Waals surface area contributed by atoms with E-state index in [1.54, 1.807) is 6.08 Å². The highest BCUT2D eigenvalue weighted by molar-refractivity contribution is 6.42. The van der Waals surface area contributed by atoms with Gasteiger partial charge in [-0.05, 0) is 53.6 Å². The third kappa shape index (κ3) is 4.20. The Morgan fingerprint density at radius 1 is 0.580 bits per heavy atom. The predicted octanol–water partition coefficient (Wildman–Crippen LogP) is 9.02. The Kier molecular flexibility index (Phi) is 6.60. The Labute approximate surface area is 287 Å². The summed E-state index contributed by atoms with van der Waals surface area (Å²) < 4.78 is 4.17. The molecule has 0 saturated carbocycles. The summed E-state index contributed by atoms with van der Waals surface area (Å²) in [5.74, 6) is -1.28. The van der Waals surface area contributed by atoms with Crippen molar-refractivity contribution >= 4 is 67.0 Å². The van der Waals surface area contributed by atoms with Gasteiger partial charge < -0.3 is 14.9 Å². The SMILES string of the molecule is C=C(/C=C\N=C(/N)N1C(=O)c2c(c3c(c4ccccc4n3-c3ccccc3)c3c4ccccc4n(-c4ccccc4)c23)C1=O)c1ccccc1. The molecule has 1 aliphatic rings. The Balaban J connectivity index is 1.39. The molecule has 9 rings (SSSR count). The average Bonchev–Trinajstić information content (AvgIpc) is 3.77. The van der Waals surface area contributed by atoms with Crippen molar-refractivity contribution in [1.82, 2.24) is 14.0 Å². The number of rotatable bonds is 5. The number of fused-ring (bicyclic) bond motifs is 10. The molecule has 0 radical (unpaired) electrons. The van der Waals surface area contributed by atoms with Crippen LogP contribution in [0.2, 0.25) is 0 Å². The lowest BCUT2D eigenvalue weighted by molar-refractivity contribution is 0.0748. The molecule has 0 unspecified atom stereocenters. The molecule has 7 nitrogen and oxygen atoms in total. The summed E-state index contributed by atoms with van der Waals surface area (Å²) in [5, 5.41) is 3.72. The summed E-state index contributed by atoms with van der Waals surface area (Å²) >= 11 is 0. The van der Waals surface area contributed by atoms with Crippen LogP contribution in [0.15, 0.2) is 163 Å². The molecular formula is C43H29N5O2. The van der Waals surface area contributed by atoms with Crippen molar-refractivity contribution in [3.8, 4) is 11.4 Å². The molecule has 0 aliphatic carbocycles. The number of nitrogens with two attached hydrogens (primary N) is 1. The fourth-order valence-corrected chi connectivity index (χ4v) is 7.34. The lowest BCUT2D eigenvalue weighted by Crippen LogP contribution is -2.41. The second-order valence-corrected chi connectivity index (χ2v) is 12.2. The number of imide groups is 1. The minimum atomic E-state index is -0.529. The van der Waals surface area contributed by atoms with Crippen LogP contribution < -0.4 is 5.73 Å². The zero-order valence-corrected chi connectivity index (χ0v) is 26.8. The summed E-state index contributed by atoms with van der Waals surface area (Å²) in [7, 11) is 0. The first-order valence-corrected chi connectivity index (χ1v) is 16.3. The number of allylic oxidation sites excluding steroid dienone is 2. The standard InChI is InChI=1S/C43H29N5O2/c1-27(28-15-5-2-6-16-28)25-26-45-43(44)48-41(49)37-38(42(48)50)40-36(32-22-12-14-24-34(32)47(40)30-19-9-4-10-20-30)35-31-21-11-13-23-33(31)46(39(35)37)29-17-7-3-8-18-29/h2-26H,1H2,(H2,44,45)/b26-25-. The molecule has 7 heteroatoms. The molecule has 1 aliphatic heterocycles. The first-order chi connectivity index (χ1) is 24.5. The molecule has 50 heavy (non-hydrogen) atoms. The highest BCUT2D eigenvalue weighted by atomic mass is 16.2. The van der Waals surface area contributed by atoms with Crippen LogP contribution in [0.4, 0.5) is 0 Å². The van der Waals surface area contributed by atoms with E-state index in [-0.39, 0.29) is 17.1 Å². The number of amides is 2. The number of guanidine groups is 1. The topological polar surface area (TPSA) is 85.6 Å². The van der Waals surface area contributed by atoms with Gasteiger partial charge in [0.15, 0.2) is 0 Å². The largest absolute Gasteiger partial charge is 0.369 e. The highest BCUT2D eigenvalue weighted by Gasteiger charge is 2.44. The maximum atomic E-state index is 14.8. The zero-order chi connectivity index (χ0) is 33.9. The van der Waals surface area contributed by atoms with Crippen molar-refractivity contribution < 1.29 is 9.59 Å². The Morgan fingerprint density at radius 3 is 1.48 bits per heavy atom. The van der Waals surface area contributed by atoms with E-state index in [0.29, 0.717) is 16.6 Å². The number of nitrogens with zero attached hydrogens (tertiary/aromatic N) is 4. The number of benzene rings is 6. The highest BCUT2D eigenvalue weighted by Crippen LogP contribution is 2.48. The van der Waals surface area contributed by atoms with Gasteiger partial charge in [0.1, 0.15) is 0 Å². The third-order valence-corrected chi connectivity index (χ3v) is 9.44.